The summed E-state index contributed by atoms with van der Waals surface area (Å²) >= 11 is 1.43. The highest BCUT2D eigenvalue weighted by atomic mass is 32.2. The fourth-order valence-corrected chi connectivity index (χ4v) is 7.97. The van der Waals surface area contributed by atoms with E-state index in [1.807, 2.05) is 40.9 Å². The molecule has 0 aromatic heterocycles. The first kappa shape index (κ1) is 62.5. The molecule has 0 unspecified atom stereocenters. The molecule has 1 saturated heterocycles. The summed E-state index contributed by atoms with van der Waals surface area (Å²) in [5.41, 5.74) is 11.1. The number of hydrogen-bond acceptors (Lipinski definition) is 13. The number of likely N-dealkylation sites (tertiary alicyclic amines) is 1. The Morgan fingerprint density at radius 3 is 1.67 bits per heavy atom. The van der Waals surface area contributed by atoms with Crippen LogP contribution in [-0.2, 0) is 52.7 Å². The number of nitrogens with two attached hydrogens (primary N) is 2. The number of nitrogens with zero attached hydrogens (tertiary/aromatic N) is 1. The number of primary amides is 1. The van der Waals surface area contributed by atoms with Crippen LogP contribution in [0.5, 0.6) is 0 Å². The van der Waals surface area contributed by atoms with E-state index < -0.39 is 138 Å². The number of hydrogen-bond donors (Lipinski definition) is 11. The van der Waals surface area contributed by atoms with Gasteiger partial charge in [-0.3, -0.25) is 47.9 Å². The number of thioether (sulfide) groups is 1. The lowest BCUT2D eigenvalue weighted by Gasteiger charge is -2.30. The van der Waals surface area contributed by atoms with Crippen molar-refractivity contribution >= 4 is 76.8 Å². The van der Waals surface area contributed by atoms with E-state index in [0.29, 0.717) is 31.4 Å². The highest BCUT2D eigenvalue weighted by Gasteiger charge is 2.39. The molecule has 0 aromatic carbocycles. The summed E-state index contributed by atoms with van der Waals surface area (Å²) in [4.78, 5) is 145. The zero-order valence-corrected chi connectivity index (χ0v) is 43.5. The molecule has 1 aliphatic heterocycles. The van der Waals surface area contributed by atoms with Crippen molar-refractivity contribution in [1.29, 1.82) is 0 Å². The molecule has 10 amide bonds. The molecule has 1 aliphatic rings. The van der Waals surface area contributed by atoms with E-state index in [9.17, 15) is 57.8 Å². The van der Waals surface area contributed by atoms with E-state index in [-0.39, 0.29) is 43.6 Å². The largest absolute Gasteiger partial charge is 0.480 e. The van der Waals surface area contributed by atoms with Crippen molar-refractivity contribution in [2.45, 2.75) is 175 Å². The molecular weight excluding hydrogens is 931 g/mol. The summed E-state index contributed by atoms with van der Waals surface area (Å²) in [6.07, 6.45) is 3.64. The number of carbonyl (C=O) groups excluding carboxylic acids is 10. The van der Waals surface area contributed by atoms with Crippen molar-refractivity contribution in [2.75, 3.05) is 25.1 Å². The molecule has 13 N–H and O–H groups in total. The van der Waals surface area contributed by atoms with Crippen molar-refractivity contribution in [3.05, 3.63) is 0 Å². The van der Waals surface area contributed by atoms with E-state index in [1.54, 1.807) is 20.8 Å². The van der Waals surface area contributed by atoms with Crippen LogP contribution in [0.4, 0.5) is 0 Å². The van der Waals surface area contributed by atoms with Gasteiger partial charge in [0.1, 0.15) is 48.3 Å². The first-order chi connectivity index (χ1) is 32.7. The van der Waals surface area contributed by atoms with Gasteiger partial charge in [0.15, 0.2) is 0 Å². The predicted octanol–water partition coefficient (Wildman–Crippen LogP) is -1.25. The van der Waals surface area contributed by atoms with E-state index in [4.69, 9.17) is 11.5 Å². The van der Waals surface area contributed by atoms with Gasteiger partial charge >= 0.3 is 5.97 Å². The predicted molar refractivity (Wildman–Crippen MR) is 263 cm³/mol. The highest BCUT2D eigenvalue weighted by molar-refractivity contribution is 7.98. The molecule has 0 aromatic rings. The zero-order chi connectivity index (χ0) is 53.6. The summed E-state index contributed by atoms with van der Waals surface area (Å²) in [5.74, 6) is -8.75. The summed E-state index contributed by atoms with van der Waals surface area (Å²) < 4.78 is 0. The second kappa shape index (κ2) is 31.0. The van der Waals surface area contributed by atoms with Crippen LogP contribution in [0.3, 0.4) is 0 Å². The Labute approximate surface area is 416 Å². The van der Waals surface area contributed by atoms with Gasteiger partial charge in [0.25, 0.3) is 0 Å². The standard InChI is InChI=1S/C46H81N11O12S/c1-12-25(7)36(55-40(62)30(16-18-70-11)53-43(65)33-15-14-17-57(33)45(67)29(47)21-34(48)58)44(66)54-32(20-24(5)6)41(63)51-28(10)39(61)50-27(9)38(60)49-22-35(59)52-31(19-23(3)4)42(64)56-37(46(68)69)26(8)13-2/h23-33,36-37H,12-22,47H2,1-11H3,(H2,48,58)(H,49,60)(H,50,61)(H,51,63)(H,52,59)(H,53,65)(H,54,66)(H,55,62)(H,56,64)(H,68,69)/t25-,26-,27-,28-,29-,30-,31-,32-,33-,36-,37-/m0/s1. The molecule has 24 heteroatoms. The lowest BCUT2D eigenvalue weighted by Crippen LogP contribution is -2.60. The molecule has 70 heavy (non-hydrogen) atoms. The summed E-state index contributed by atoms with van der Waals surface area (Å²) in [5, 5.41) is 30.3. The molecule has 11 atom stereocenters. The lowest BCUT2D eigenvalue weighted by atomic mass is 9.96. The van der Waals surface area contributed by atoms with Crippen molar-refractivity contribution in [3.63, 3.8) is 0 Å². The van der Waals surface area contributed by atoms with Crippen LogP contribution < -0.4 is 54.0 Å². The maximum Gasteiger partial charge on any atom is 0.326 e. The monoisotopic (exact) mass is 1010 g/mol. The van der Waals surface area contributed by atoms with Crippen LogP contribution in [-0.4, -0.2) is 155 Å². The van der Waals surface area contributed by atoms with Crippen molar-refractivity contribution in [1.82, 2.24) is 47.4 Å². The smallest absolute Gasteiger partial charge is 0.326 e. The van der Waals surface area contributed by atoms with Gasteiger partial charge in [-0.05, 0) is 81.6 Å². The zero-order valence-electron chi connectivity index (χ0n) is 42.7. The van der Waals surface area contributed by atoms with Crippen LogP contribution in [0.15, 0.2) is 0 Å². The quantitative estimate of drug-likeness (QED) is 0.0387. The Morgan fingerprint density at radius 1 is 0.643 bits per heavy atom. The Balaban J connectivity index is 3.04. The Morgan fingerprint density at radius 2 is 1.14 bits per heavy atom. The maximum atomic E-state index is 14.0. The Bertz CT molecular complexity index is 1840. The van der Waals surface area contributed by atoms with Gasteiger partial charge in [-0.25, -0.2) is 4.79 Å². The Kier molecular flexibility index (Phi) is 27.6. The van der Waals surface area contributed by atoms with E-state index >= 15 is 0 Å². The molecule has 0 bridgehead atoms. The van der Waals surface area contributed by atoms with E-state index in [0.717, 1.165) is 0 Å². The number of aliphatic carboxylic acids is 1. The number of carboxylic acid groups (broad SMARTS) is 1. The SMILES string of the molecule is CC[C@H](C)[C@H](NC(=O)[C@H](CC(C)C)NC(=O)CNC(=O)[C@H](C)NC(=O)[C@H](C)NC(=O)[C@H](CC(C)C)NC(=O)[C@@H](NC(=O)[C@H](CCSC)NC(=O)[C@@H]1CCCN1C(=O)[C@@H](N)CC(N)=O)[C@@H](C)CC)C(=O)O. The minimum absolute atomic E-state index is 0.0581. The third-order valence-corrected chi connectivity index (χ3v) is 12.7. The summed E-state index contributed by atoms with van der Waals surface area (Å²) in [7, 11) is 0. The van der Waals surface area contributed by atoms with Crippen molar-refractivity contribution in [2.24, 2.45) is 35.1 Å². The van der Waals surface area contributed by atoms with Crippen LogP contribution >= 0.6 is 11.8 Å². The molecular formula is C46H81N11O12S. The van der Waals surface area contributed by atoms with Gasteiger partial charge in [0.05, 0.1) is 19.0 Å². The highest BCUT2D eigenvalue weighted by Crippen LogP contribution is 2.20. The normalized spacial score (nSPS) is 17.7. The van der Waals surface area contributed by atoms with Crippen LogP contribution in [0.2, 0.25) is 0 Å². The molecule has 1 rings (SSSR count). The van der Waals surface area contributed by atoms with E-state index in [2.05, 4.69) is 42.5 Å². The molecule has 1 fully saturated rings. The minimum atomic E-state index is -1.23. The van der Waals surface area contributed by atoms with Crippen molar-refractivity contribution in [3.8, 4) is 0 Å². The fourth-order valence-electron chi connectivity index (χ4n) is 7.50. The molecule has 0 saturated carbocycles. The fraction of sp³-hybridized carbons (Fsp3) is 0.761. The first-order valence-electron chi connectivity index (χ1n) is 24.1. The second-order valence-corrected chi connectivity index (χ2v) is 20.0. The average molecular weight is 1010 g/mol. The molecule has 0 aliphatic carbocycles. The third kappa shape index (κ3) is 21.2. The maximum absolute atomic E-state index is 14.0. The molecule has 1 heterocycles. The molecule has 0 radical (unpaired) electrons. The van der Waals surface area contributed by atoms with Gasteiger partial charge in [-0.2, -0.15) is 11.8 Å². The number of carboxylic acids is 1. The molecule has 23 nitrogen and oxygen atoms in total. The second-order valence-electron chi connectivity index (χ2n) is 19.0. The molecule has 398 valence electrons. The third-order valence-electron chi connectivity index (χ3n) is 12.0. The van der Waals surface area contributed by atoms with Gasteiger partial charge in [0.2, 0.25) is 59.1 Å². The van der Waals surface area contributed by atoms with Crippen LogP contribution in [0, 0.1) is 23.7 Å². The van der Waals surface area contributed by atoms with Crippen LogP contribution in [0.1, 0.15) is 121 Å². The van der Waals surface area contributed by atoms with Gasteiger partial charge in [-0.15, -0.1) is 0 Å². The number of amides is 10. The number of rotatable bonds is 31. The number of nitrogens with one attached hydrogen (secondary N) is 8. The average Bonchev–Trinajstić information content (AvgIpc) is 3.78. The van der Waals surface area contributed by atoms with Gasteiger partial charge in [0, 0.05) is 6.54 Å². The van der Waals surface area contributed by atoms with E-state index in [1.165, 1.54) is 30.5 Å². The topological polar surface area (TPSA) is 360 Å². The first-order valence-corrected chi connectivity index (χ1v) is 25.5. The minimum Gasteiger partial charge on any atom is -0.480 e. The number of carbonyl (C=O) groups is 11. The van der Waals surface area contributed by atoms with Crippen molar-refractivity contribution < 1.29 is 57.8 Å². The molecule has 0 spiro atoms. The van der Waals surface area contributed by atoms with Crippen LogP contribution in [0.25, 0.3) is 0 Å². The summed E-state index contributed by atoms with van der Waals surface area (Å²) in [6.45, 7) is 16.7. The van der Waals surface area contributed by atoms with Gasteiger partial charge in [-0.1, -0.05) is 68.2 Å². The summed E-state index contributed by atoms with van der Waals surface area (Å²) in [6, 6.07) is -10.3. The van der Waals surface area contributed by atoms with Gasteiger partial charge < -0.3 is 64.0 Å². The lowest BCUT2D eigenvalue weighted by molar-refractivity contribution is -0.144. The Hall–Kier alpha value is -5.52.